The average molecular weight is 489 g/mol. The normalized spacial score (nSPS) is 14.8. The van der Waals surface area contributed by atoms with E-state index in [0.29, 0.717) is 30.0 Å². The molecule has 0 saturated carbocycles. The fourth-order valence-corrected chi connectivity index (χ4v) is 3.59. The van der Waals surface area contributed by atoms with Gasteiger partial charge in [-0.15, -0.1) is 0 Å². The number of fused-ring (bicyclic) bond motifs is 1. The summed E-state index contributed by atoms with van der Waals surface area (Å²) >= 11 is 0. The summed E-state index contributed by atoms with van der Waals surface area (Å²) in [5, 5.41) is 25.1. The number of likely N-dealkylation sites (N-methyl/N-ethyl adjacent to an activating group) is 1. The summed E-state index contributed by atoms with van der Waals surface area (Å²) in [6.45, 7) is 4.02. The smallest absolute Gasteiger partial charge is 0.341 e. The number of pyridine rings is 1. The zero-order valence-corrected chi connectivity index (χ0v) is 19.1. The average Bonchev–Trinajstić information content (AvgIpc) is 2.81. The van der Waals surface area contributed by atoms with Crippen LogP contribution in [0.15, 0.2) is 47.4 Å². The highest BCUT2D eigenvalue weighted by Crippen LogP contribution is 2.28. The highest BCUT2D eigenvalue weighted by Gasteiger charge is 2.22. The van der Waals surface area contributed by atoms with Crippen LogP contribution in [-0.4, -0.2) is 76.1 Å². The van der Waals surface area contributed by atoms with Crippen LogP contribution in [-0.2, 0) is 4.79 Å². The van der Waals surface area contributed by atoms with Crippen molar-refractivity contribution in [1.29, 1.82) is 0 Å². The third kappa shape index (κ3) is 5.81. The molecule has 3 aromatic rings. The van der Waals surface area contributed by atoms with Gasteiger partial charge in [-0.3, -0.25) is 4.79 Å². The number of carboxylic acids is 2. The van der Waals surface area contributed by atoms with Crippen LogP contribution in [0.1, 0.15) is 17.3 Å². The minimum atomic E-state index is -1.41. The lowest BCUT2D eigenvalue weighted by Crippen LogP contribution is -2.44. The first-order valence-electron chi connectivity index (χ1n) is 10.7. The van der Waals surface area contributed by atoms with Gasteiger partial charge in [0.25, 0.3) is 0 Å². The van der Waals surface area contributed by atoms with Crippen LogP contribution in [0.4, 0.5) is 14.5 Å². The zero-order valence-electron chi connectivity index (χ0n) is 19.1. The molecular weight excluding hydrogens is 464 g/mol. The van der Waals surface area contributed by atoms with Gasteiger partial charge in [-0.1, -0.05) is 0 Å². The number of carbonyl (C=O) groups is 2. The third-order valence-electron chi connectivity index (χ3n) is 5.61. The SMILES string of the molecule is CC(O)C(=O)O.CN1CCN(c2cc3c(cc2F)c(=O)c(C(=O)O)cn3-c2ccc(F)cc2)CC1. The minimum absolute atomic E-state index is 0.0374. The number of aliphatic hydroxyl groups excluding tert-OH is 1. The molecular formula is C24H25F2N3O6. The second-order valence-electron chi connectivity index (χ2n) is 8.15. The van der Waals surface area contributed by atoms with Crippen molar-refractivity contribution in [3.63, 3.8) is 0 Å². The molecule has 35 heavy (non-hydrogen) atoms. The molecule has 2 heterocycles. The molecule has 0 aliphatic carbocycles. The van der Waals surface area contributed by atoms with E-state index in [9.17, 15) is 28.3 Å². The standard InChI is InChI=1S/C21H19F2N3O3.C3H6O3/c1-24-6-8-25(9-7-24)19-11-18-15(10-17(19)23)20(27)16(21(28)29)12-26(18)14-4-2-13(22)3-5-14;1-2(4)3(5)6/h2-5,10-12H,6-9H2,1H3,(H,28,29);2,4H,1H3,(H,5,6). The first-order valence-corrected chi connectivity index (χ1v) is 10.7. The van der Waals surface area contributed by atoms with Crippen molar-refractivity contribution in [2.75, 3.05) is 38.1 Å². The van der Waals surface area contributed by atoms with Crippen molar-refractivity contribution in [3.05, 3.63) is 70.0 Å². The largest absolute Gasteiger partial charge is 0.479 e. The monoisotopic (exact) mass is 489 g/mol. The van der Waals surface area contributed by atoms with E-state index in [2.05, 4.69) is 4.90 Å². The number of nitrogens with zero attached hydrogens (tertiary/aromatic N) is 3. The fraction of sp³-hybridized carbons (Fsp3) is 0.292. The number of piperazine rings is 1. The summed E-state index contributed by atoms with van der Waals surface area (Å²) in [5.41, 5.74) is -0.0519. The second kappa shape index (κ2) is 10.6. The van der Waals surface area contributed by atoms with Crippen LogP contribution in [0, 0.1) is 11.6 Å². The van der Waals surface area contributed by atoms with E-state index in [1.165, 1.54) is 42.0 Å². The zero-order chi connectivity index (χ0) is 25.9. The van der Waals surface area contributed by atoms with Crippen molar-refractivity contribution < 1.29 is 33.7 Å². The number of aromatic nitrogens is 1. The van der Waals surface area contributed by atoms with Gasteiger partial charge in [0.1, 0.15) is 23.3 Å². The number of halogens is 2. The van der Waals surface area contributed by atoms with Gasteiger partial charge in [-0.05, 0) is 50.4 Å². The van der Waals surface area contributed by atoms with Crippen LogP contribution >= 0.6 is 0 Å². The second-order valence-corrected chi connectivity index (χ2v) is 8.15. The van der Waals surface area contributed by atoms with Crippen molar-refractivity contribution in [1.82, 2.24) is 9.47 Å². The predicted molar refractivity (Wildman–Crippen MR) is 125 cm³/mol. The number of benzene rings is 2. The van der Waals surface area contributed by atoms with E-state index in [1.54, 1.807) is 6.07 Å². The van der Waals surface area contributed by atoms with Crippen molar-refractivity contribution in [3.8, 4) is 5.69 Å². The molecule has 11 heteroatoms. The number of hydrogen-bond acceptors (Lipinski definition) is 6. The van der Waals surface area contributed by atoms with E-state index in [-0.39, 0.29) is 5.39 Å². The molecule has 1 atom stereocenters. The van der Waals surface area contributed by atoms with Crippen LogP contribution in [0.2, 0.25) is 0 Å². The first kappa shape index (κ1) is 25.8. The Bertz CT molecular complexity index is 1300. The summed E-state index contributed by atoms with van der Waals surface area (Å²) < 4.78 is 29.8. The Hall–Kier alpha value is -3.83. The number of aliphatic hydroxyl groups is 1. The van der Waals surface area contributed by atoms with E-state index < -0.39 is 40.7 Å². The molecule has 2 aromatic carbocycles. The molecule has 1 aliphatic rings. The van der Waals surface area contributed by atoms with Gasteiger partial charge >= 0.3 is 11.9 Å². The molecule has 1 aromatic heterocycles. The van der Waals surface area contributed by atoms with Crippen molar-refractivity contribution in [2.24, 2.45) is 0 Å². The maximum Gasteiger partial charge on any atom is 0.341 e. The van der Waals surface area contributed by atoms with Crippen molar-refractivity contribution >= 4 is 28.5 Å². The minimum Gasteiger partial charge on any atom is -0.479 e. The molecule has 1 saturated heterocycles. The molecule has 0 spiro atoms. The highest BCUT2D eigenvalue weighted by atomic mass is 19.1. The quantitative estimate of drug-likeness (QED) is 0.510. The lowest BCUT2D eigenvalue weighted by molar-refractivity contribution is -0.145. The Balaban J connectivity index is 0.000000509. The molecule has 4 rings (SSSR count). The Labute approximate surface area is 199 Å². The third-order valence-corrected chi connectivity index (χ3v) is 5.61. The maximum atomic E-state index is 14.9. The maximum absolute atomic E-state index is 14.9. The number of carboxylic acid groups (broad SMARTS) is 2. The Morgan fingerprint density at radius 3 is 2.09 bits per heavy atom. The van der Waals surface area contributed by atoms with E-state index in [0.717, 1.165) is 19.2 Å². The summed E-state index contributed by atoms with van der Waals surface area (Å²) in [5.74, 6) is -3.61. The molecule has 1 unspecified atom stereocenters. The van der Waals surface area contributed by atoms with Gasteiger partial charge in [0.15, 0.2) is 0 Å². The number of aromatic carboxylic acids is 1. The van der Waals surface area contributed by atoms with E-state index in [4.69, 9.17) is 10.2 Å². The highest BCUT2D eigenvalue weighted by molar-refractivity contribution is 5.94. The Kier molecular flexibility index (Phi) is 7.82. The molecule has 9 nitrogen and oxygen atoms in total. The van der Waals surface area contributed by atoms with Crippen LogP contribution < -0.4 is 10.3 Å². The first-order chi connectivity index (χ1) is 16.5. The van der Waals surface area contributed by atoms with Gasteiger partial charge in [0.2, 0.25) is 5.43 Å². The summed E-state index contributed by atoms with van der Waals surface area (Å²) in [6.07, 6.45) is -0.0312. The number of rotatable bonds is 4. The topological polar surface area (TPSA) is 123 Å². The molecule has 1 fully saturated rings. The van der Waals surface area contributed by atoms with E-state index in [1.807, 2.05) is 11.9 Å². The Morgan fingerprint density at radius 2 is 1.57 bits per heavy atom. The number of anilines is 1. The van der Waals surface area contributed by atoms with Gasteiger partial charge in [-0.25, -0.2) is 18.4 Å². The van der Waals surface area contributed by atoms with Gasteiger partial charge in [0.05, 0.1) is 11.2 Å². The van der Waals surface area contributed by atoms with Gasteiger partial charge in [-0.2, -0.15) is 0 Å². The van der Waals surface area contributed by atoms with Crippen molar-refractivity contribution in [2.45, 2.75) is 13.0 Å². The lowest BCUT2D eigenvalue weighted by Gasteiger charge is -2.34. The molecule has 0 amide bonds. The number of aliphatic carboxylic acids is 1. The van der Waals surface area contributed by atoms with Gasteiger partial charge < -0.3 is 29.7 Å². The van der Waals surface area contributed by atoms with Crippen LogP contribution in [0.3, 0.4) is 0 Å². The lowest BCUT2D eigenvalue weighted by atomic mass is 10.1. The fourth-order valence-electron chi connectivity index (χ4n) is 3.59. The molecule has 1 aliphatic heterocycles. The molecule has 0 bridgehead atoms. The summed E-state index contributed by atoms with van der Waals surface area (Å²) in [7, 11) is 1.99. The molecule has 3 N–H and O–H groups in total. The summed E-state index contributed by atoms with van der Waals surface area (Å²) in [4.78, 5) is 37.7. The van der Waals surface area contributed by atoms with Crippen LogP contribution in [0.25, 0.3) is 16.6 Å². The molecule has 0 radical (unpaired) electrons. The van der Waals surface area contributed by atoms with Crippen LogP contribution in [0.5, 0.6) is 0 Å². The van der Waals surface area contributed by atoms with E-state index >= 15 is 0 Å². The van der Waals surface area contributed by atoms with Gasteiger partial charge in [0, 0.05) is 43.4 Å². The predicted octanol–water partition coefficient (Wildman–Crippen LogP) is 2.17. The number of hydrogen-bond donors (Lipinski definition) is 3. The summed E-state index contributed by atoms with van der Waals surface area (Å²) in [6, 6.07) is 8.09. The molecule has 186 valence electrons. The Morgan fingerprint density at radius 1 is 1.00 bits per heavy atom.